The van der Waals surface area contributed by atoms with Gasteiger partial charge in [0.05, 0.1) is 5.56 Å². The molecule has 2 aromatic rings. The molecule has 0 saturated heterocycles. The summed E-state index contributed by atoms with van der Waals surface area (Å²) in [6.07, 6.45) is -3.31. The van der Waals surface area contributed by atoms with Crippen molar-refractivity contribution < 1.29 is 18.0 Å². The Balaban J connectivity index is 2.20. The lowest BCUT2D eigenvalue weighted by atomic mass is 10.0. The second-order valence-corrected chi connectivity index (χ2v) is 5.92. The number of rotatable bonds is 6. The molecule has 2 N–H and O–H groups in total. The third-order valence-electron chi connectivity index (χ3n) is 4.12. The third kappa shape index (κ3) is 5.06. The fourth-order valence-electron chi connectivity index (χ4n) is 2.71. The Morgan fingerprint density at radius 1 is 1.12 bits per heavy atom. The lowest BCUT2D eigenvalue weighted by Crippen LogP contribution is -2.40. The highest BCUT2D eigenvalue weighted by Gasteiger charge is 2.31. The van der Waals surface area contributed by atoms with Crippen LogP contribution in [0.4, 0.5) is 13.2 Å². The van der Waals surface area contributed by atoms with Gasteiger partial charge in [0, 0.05) is 18.7 Å². The predicted octanol–water partition coefficient (Wildman–Crippen LogP) is 3.74. The second kappa shape index (κ2) is 8.16. The number of carbonyl (C=O) groups excluding carboxylic acids is 1. The zero-order valence-electron chi connectivity index (χ0n) is 14.0. The van der Waals surface area contributed by atoms with Gasteiger partial charge in [0.25, 0.3) is 5.91 Å². The van der Waals surface area contributed by atoms with Crippen LogP contribution in [0.1, 0.15) is 27.9 Å². The molecule has 0 saturated carbocycles. The van der Waals surface area contributed by atoms with E-state index in [1.54, 1.807) is 7.05 Å². The van der Waals surface area contributed by atoms with Crippen molar-refractivity contribution >= 4 is 5.91 Å². The van der Waals surface area contributed by atoms with Gasteiger partial charge in [0.2, 0.25) is 0 Å². The van der Waals surface area contributed by atoms with E-state index >= 15 is 0 Å². The molecule has 2 aromatic carbocycles. The number of benzene rings is 2. The van der Waals surface area contributed by atoms with E-state index < -0.39 is 17.6 Å². The zero-order chi connectivity index (χ0) is 18.4. The van der Waals surface area contributed by atoms with Crippen molar-refractivity contribution in [1.82, 2.24) is 4.90 Å². The maximum Gasteiger partial charge on any atom is 0.416 e. The topological polar surface area (TPSA) is 46.3 Å². The molecule has 0 bridgehead atoms. The SMILES string of the molecule is CN(C(=O)c1cccc(C(F)(F)F)c1)C(CCN)Cc1ccccc1. The maximum atomic E-state index is 12.9. The Bertz CT molecular complexity index is 701. The number of amides is 1. The number of hydrogen-bond donors (Lipinski definition) is 1. The van der Waals surface area contributed by atoms with Crippen LogP contribution in [0, 0.1) is 0 Å². The monoisotopic (exact) mass is 350 g/mol. The highest BCUT2D eigenvalue weighted by Crippen LogP contribution is 2.30. The first-order valence-corrected chi connectivity index (χ1v) is 8.01. The van der Waals surface area contributed by atoms with Gasteiger partial charge in [-0.1, -0.05) is 36.4 Å². The zero-order valence-corrected chi connectivity index (χ0v) is 14.0. The summed E-state index contributed by atoms with van der Waals surface area (Å²) in [6.45, 7) is 0.387. The molecule has 0 spiro atoms. The van der Waals surface area contributed by atoms with Gasteiger partial charge in [-0.05, 0) is 43.1 Å². The van der Waals surface area contributed by atoms with Crippen LogP contribution in [-0.4, -0.2) is 30.4 Å². The number of nitrogens with zero attached hydrogens (tertiary/aromatic N) is 1. The normalized spacial score (nSPS) is 12.7. The van der Waals surface area contributed by atoms with Crippen molar-refractivity contribution in [2.75, 3.05) is 13.6 Å². The van der Waals surface area contributed by atoms with Crippen molar-refractivity contribution in [3.8, 4) is 0 Å². The third-order valence-corrected chi connectivity index (χ3v) is 4.12. The van der Waals surface area contributed by atoms with Crippen LogP contribution in [0.5, 0.6) is 0 Å². The summed E-state index contributed by atoms with van der Waals surface area (Å²) >= 11 is 0. The second-order valence-electron chi connectivity index (χ2n) is 5.92. The molecule has 0 heterocycles. The molecule has 0 fully saturated rings. The van der Waals surface area contributed by atoms with Gasteiger partial charge in [0.15, 0.2) is 0 Å². The van der Waals surface area contributed by atoms with Gasteiger partial charge in [-0.25, -0.2) is 0 Å². The highest BCUT2D eigenvalue weighted by molar-refractivity contribution is 5.94. The summed E-state index contributed by atoms with van der Waals surface area (Å²) in [6, 6.07) is 13.9. The summed E-state index contributed by atoms with van der Waals surface area (Å²) in [7, 11) is 1.60. The Morgan fingerprint density at radius 2 is 1.80 bits per heavy atom. The standard InChI is InChI=1S/C19H21F3N2O/c1-24(17(10-11-23)12-14-6-3-2-4-7-14)18(25)15-8-5-9-16(13-15)19(20,21)22/h2-9,13,17H,10-12,23H2,1H3. The summed E-state index contributed by atoms with van der Waals surface area (Å²) in [5, 5.41) is 0. The molecule has 2 rings (SSSR count). The Labute approximate surface area is 145 Å². The summed E-state index contributed by atoms with van der Waals surface area (Å²) in [4.78, 5) is 14.1. The van der Waals surface area contributed by atoms with E-state index in [9.17, 15) is 18.0 Å². The van der Waals surface area contributed by atoms with Gasteiger partial charge in [-0.2, -0.15) is 13.2 Å². The van der Waals surface area contributed by atoms with Gasteiger partial charge in [-0.15, -0.1) is 0 Å². The van der Waals surface area contributed by atoms with Gasteiger partial charge >= 0.3 is 6.18 Å². The molecule has 3 nitrogen and oxygen atoms in total. The van der Waals surface area contributed by atoms with E-state index in [4.69, 9.17) is 5.73 Å². The van der Waals surface area contributed by atoms with Crippen LogP contribution in [0.3, 0.4) is 0 Å². The van der Waals surface area contributed by atoms with Crippen molar-refractivity contribution in [2.45, 2.75) is 25.1 Å². The molecule has 1 atom stereocenters. The average molecular weight is 350 g/mol. The number of likely N-dealkylation sites (N-methyl/N-ethyl adjacent to an activating group) is 1. The van der Waals surface area contributed by atoms with Crippen molar-refractivity contribution in [3.05, 3.63) is 71.3 Å². The first kappa shape index (κ1) is 19.0. The minimum absolute atomic E-state index is 0.0207. The van der Waals surface area contributed by atoms with Gasteiger partial charge < -0.3 is 10.6 Å². The van der Waals surface area contributed by atoms with E-state index in [0.717, 1.165) is 17.7 Å². The first-order valence-electron chi connectivity index (χ1n) is 8.01. The van der Waals surface area contributed by atoms with Gasteiger partial charge in [0.1, 0.15) is 0 Å². The number of hydrogen-bond acceptors (Lipinski definition) is 2. The van der Waals surface area contributed by atoms with Crippen molar-refractivity contribution in [3.63, 3.8) is 0 Å². The highest BCUT2D eigenvalue weighted by atomic mass is 19.4. The molecule has 0 aliphatic rings. The van der Waals surface area contributed by atoms with E-state index in [2.05, 4.69) is 0 Å². The van der Waals surface area contributed by atoms with Crippen LogP contribution < -0.4 is 5.73 Å². The molecular formula is C19H21F3N2O. The summed E-state index contributed by atoms with van der Waals surface area (Å²) < 4.78 is 38.6. The number of alkyl halides is 3. The predicted molar refractivity (Wildman–Crippen MR) is 91.1 cm³/mol. The molecule has 0 aromatic heterocycles. The average Bonchev–Trinajstić information content (AvgIpc) is 2.60. The van der Waals surface area contributed by atoms with Crippen LogP contribution in [0.15, 0.2) is 54.6 Å². The Morgan fingerprint density at radius 3 is 2.40 bits per heavy atom. The van der Waals surface area contributed by atoms with Crippen molar-refractivity contribution in [2.24, 2.45) is 5.73 Å². The molecule has 25 heavy (non-hydrogen) atoms. The number of carbonyl (C=O) groups is 1. The molecule has 0 aliphatic carbocycles. The molecule has 1 unspecified atom stereocenters. The van der Waals surface area contributed by atoms with Crippen LogP contribution in [-0.2, 0) is 12.6 Å². The Kier molecular flexibility index (Phi) is 6.20. The Hall–Kier alpha value is -2.34. The minimum Gasteiger partial charge on any atom is -0.338 e. The molecule has 0 aliphatic heterocycles. The van der Waals surface area contributed by atoms with E-state index in [0.29, 0.717) is 19.4 Å². The number of halogens is 3. The first-order chi connectivity index (χ1) is 11.8. The van der Waals surface area contributed by atoms with E-state index in [1.165, 1.54) is 17.0 Å². The summed E-state index contributed by atoms with van der Waals surface area (Å²) in [5.74, 6) is -0.444. The van der Waals surface area contributed by atoms with Crippen LogP contribution in [0.25, 0.3) is 0 Å². The molecular weight excluding hydrogens is 329 g/mol. The quantitative estimate of drug-likeness (QED) is 0.863. The van der Waals surface area contributed by atoms with Gasteiger partial charge in [-0.3, -0.25) is 4.79 Å². The fourth-order valence-corrected chi connectivity index (χ4v) is 2.71. The van der Waals surface area contributed by atoms with Crippen molar-refractivity contribution in [1.29, 1.82) is 0 Å². The summed E-state index contributed by atoms with van der Waals surface area (Å²) in [5.41, 5.74) is 5.89. The largest absolute Gasteiger partial charge is 0.416 e. The van der Waals surface area contributed by atoms with Crippen LogP contribution in [0.2, 0.25) is 0 Å². The van der Waals surface area contributed by atoms with E-state index in [-0.39, 0.29) is 11.6 Å². The smallest absolute Gasteiger partial charge is 0.338 e. The molecule has 6 heteroatoms. The maximum absolute atomic E-state index is 12.9. The molecule has 0 radical (unpaired) electrons. The fraction of sp³-hybridized carbons (Fsp3) is 0.316. The molecule has 134 valence electrons. The molecule has 1 amide bonds. The van der Waals surface area contributed by atoms with Crippen LogP contribution >= 0.6 is 0 Å². The number of nitrogens with two attached hydrogens (primary N) is 1. The lowest BCUT2D eigenvalue weighted by Gasteiger charge is -2.28. The lowest BCUT2D eigenvalue weighted by molar-refractivity contribution is -0.137. The minimum atomic E-state index is -4.48. The van der Waals surface area contributed by atoms with E-state index in [1.807, 2.05) is 30.3 Å².